The van der Waals surface area contributed by atoms with Crippen LogP contribution in [0.2, 0.25) is 0 Å². The van der Waals surface area contributed by atoms with Gasteiger partial charge < -0.3 is 0 Å². The Morgan fingerprint density at radius 3 is 2.53 bits per heavy atom. The Morgan fingerprint density at radius 2 is 1.94 bits per heavy atom. The molecular weight excluding hydrogens is 221 g/mol. The molecule has 0 aliphatic carbocycles. The van der Waals surface area contributed by atoms with Crippen LogP contribution in [0, 0.1) is 5.82 Å². The standard InChI is InChI=1S/C12H14FN3O/c1-12(2,17-14)10-7-15-16-11(10)8-3-5-9(13)6-4-8/h3-7H,14H2,1-2H3,(H,15,16). The zero-order chi connectivity index (χ0) is 12.5. The first-order chi connectivity index (χ1) is 8.04. The smallest absolute Gasteiger partial charge is 0.123 e. The number of hydrogen-bond donors (Lipinski definition) is 2. The van der Waals surface area contributed by atoms with Crippen molar-refractivity contribution in [1.82, 2.24) is 10.2 Å². The SMILES string of the molecule is CC(C)(ON)c1cn[nH]c1-c1ccc(F)cc1. The highest BCUT2D eigenvalue weighted by molar-refractivity contribution is 5.63. The van der Waals surface area contributed by atoms with Gasteiger partial charge in [-0.1, -0.05) is 0 Å². The van der Waals surface area contributed by atoms with E-state index in [-0.39, 0.29) is 5.82 Å². The molecule has 1 aromatic heterocycles. The van der Waals surface area contributed by atoms with Gasteiger partial charge in [0.15, 0.2) is 0 Å². The Balaban J connectivity index is 2.47. The van der Waals surface area contributed by atoms with Crippen molar-refractivity contribution in [1.29, 1.82) is 0 Å². The van der Waals surface area contributed by atoms with Crippen LogP contribution in [-0.2, 0) is 10.4 Å². The summed E-state index contributed by atoms with van der Waals surface area (Å²) in [5.74, 6) is 4.99. The summed E-state index contributed by atoms with van der Waals surface area (Å²) in [5, 5.41) is 6.85. The van der Waals surface area contributed by atoms with Crippen LogP contribution in [-0.4, -0.2) is 10.2 Å². The third-order valence-electron chi connectivity index (χ3n) is 2.72. The highest BCUT2D eigenvalue weighted by atomic mass is 19.1. The van der Waals surface area contributed by atoms with Gasteiger partial charge in [-0.05, 0) is 38.1 Å². The lowest BCUT2D eigenvalue weighted by atomic mass is 9.96. The average Bonchev–Trinajstić information content (AvgIpc) is 2.80. The van der Waals surface area contributed by atoms with Gasteiger partial charge in [-0.3, -0.25) is 9.94 Å². The lowest BCUT2D eigenvalue weighted by Crippen LogP contribution is -2.25. The van der Waals surface area contributed by atoms with E-state index in [4.69, 9.17) is 10.7 Å². The molecule has 0 saturated carbocycles. The molecule has 2 rings (SSSR count). The molecule has 0 fully saturated rings. The summed E-state index contributed by atoms with van der Waals surface area (Å²) in [6, 6.07) is 6.16. The fourth-order valence-corrected chi connectivity index (χ4v) is 1.64. The van der Waals surface area contributed by atoms with Crippen molar-refractivity contribution in [2.75, 3.05) is 0 Å². The first kappa shape index (κ1) is 11.8. The minimum Gasteiger partial charge on any atom is -0.294 e. The number of aromatic nitrogens is 2. The molecule has 1 aromatic carbocycles. The van der Waals surface area contributed by atoms with Gasteiger partial charge >= 0.3 is 0 Å². The number of nitrogens with zero attached hydrogens (tertiary/aromatic N) is 1. The summed E-state index contributed by atoms with van der Waals surface area (Å²) >= 11 is 0. The second kappa shape index (κ2) is 4.27. The number of nitrogens with two attached hydrogens (primary N) is 1. The van der Waals surface area contributed by atoms with Crippen LogP contribution in [0.25, 0.3) is 11.3 Å². The highest BCUT2D eigenvalue weighted by Crippen LogP contribution is 2.31. The maximum absolute atomic E-state index is 12.9. The van der Waals surface area contributed by atoms with Crippen LogP contribution in [0.5, 0.6) is 0 Å². The van der Waals surface area contributed by atoms with Gasteiger partial charge in [-0.15, -0.1) is 0 Å². The van der Waals surface area contributed by atoms with Gasteiger partial charge in [0, 0.05) is 11.1 Å². The average molecular weight is 235 g/mol. The van der Waals surface area contributed by atoms with E-state index in [0.29, 0.717) is 0 Å². The molecule has 0 aliphatic heterocycles. The van der Waals surface area contributed by atoms with Crippen molar-refractivity contribution in [3.63, 3.8) is 0 Å². The molecule has 0 spiro atoms. The Labute approximate surface area is 98.6 Å². The predicted octanol–water partition coefficient (Wildman–Crippen LogP) is 2.34. The van der Waals surface area contributed by atoms with Crippen LogP contribution in [0.15, 0.2) is 30.5 Å². The second-order valence-corrected chi connectivity index (χ2v) is 4.29. The van der Waals surface area contributed by atoms with E-state index in [2.05, 4.69) is 10.2 Å². The molecule has 90 valence electrons. The Morgan fingerprint density at radius 1 is 1.29 bits per heavy atom. The number of rotatable bonds is 3. The molecular formula is C12H14FN3O. The van der Waals surface area contributed by atoms with E-state index in [1.54, 1.807) is 18.3 Å². The van der Waals surface area contributed by atoms with E-state index in [1.165, 1.54) is 12.1 Å². The number of hydrogen-bond acceptors (Lipinski definition) is 3. The Hall–Kier alpha value is -1.72. The number of halogens is 1. The summed E-state index contributed by atoms with van der Waals surface area (Å²) in [4.78, 5) is 4.93. The molecule has 1 heterocycles. The van der Waals surface area contributed by atoms with Crippen molar-refractivity contribution in [2.45, 2.75) is 19.4 Å². The zero-order valence-electron chi connectivity index (χ0n) is 9.70. The lowest BCUT2D eigenvalue weighted by molar-refractivity contribution is -0.0231. The largest absolute Gasteiger partial charge is 0.294 e. The fraction of sp³-hybridized carbons (Fsp3) is 0.250. The van der Waals surface area contributed by atoms with Crippen molar-refractivity contribution in [3.05, 3.63) is 41.8 Å². The third-order valence-corrected chi connectivity index (χ3v) is 2.72. The molecule has 3 N–H and O–H groups in total. The molecule has 0 atom stereocenters. The first-order valence-corrected chi connectivity index (χ1v) is 5.22. The van der Waals surface area contributed by atoms with Crippen molar-refractivity contribution >= 4 is 0 Å². The van der Waals surface area contributed by atoms with E-state index < -0.39 is 5.60 Å². The highest BCUT2D eigenvalue weighted by Gasteiger charge is 2.26. The number of H-pyrrole nitrogens is 1. The molecule has 0 aliphatic rings. The van der Waals surface area contributed by atoms with E-state index in [1.807, 2.05) is 13.8 Å². The van der Waals surface area contributed by atoms with E-state index in [9.17, 15) is 4.39 Å². The number of aromatic amines is 1. The van der Waals surface area contributed by atoms with Crippen molar-refractivity contribution < 1.29 is 9.23 Å². The normalized spacial score (nSPS) is 11.8. The first-order valence-electron chi connectivity index (χ1n) is 5.22. The van der Waals surface area contributed by atoms with E-state index in [0.717, 1.165) is 16.8 Å². The minimum absolute atomic E-state index is 0.274. The lowest BCUT2D eigenvalue weighted by Gasteiger charge is -2.21. The third kappa shape index (κ3) is 2.20. The van der Waals surface area contributed by atoms with Crippen LogP contribution in [0.3, 0.4) is 0 Å². The zero-order valence-corrected chi connectivity index (χ0v) is 9.70. The molecule has 2 aromatic rings. The second-order valence-electron chi connectivity index (χ2n) is 4.29. The number of benzene rings is 1. The molecule has 4 nitrogen and oxygen atoms in total. The molecule has 0 radical (unpaired) electrons. The summed E-state index contributed by atoms with van der Waals surface area (Å²) in [5.41, 5.74) is 1.78. The maximum atomic E-state index is 12.9. The molecule has 0 bridgehead atoms. The molecule has 17 heavy (non-hydrogen) atoms. The van der Waals surface area contributed by atoms with Gasteiger partial charge in [0.25, 0.3) is 0 Å². The van der Waals surface area contributed by atoms with Crippen molar-refractivity contribution in [3.8, 4) is 11.3 Å². The van der Waals surface area contributed by atoms with Gasteiger partial charge in [0.2, 0.25) is 0 Å². The summed E-state index contributed by atoms with van der Waals surface area (Å²) in [6.07, 6.45) is 1.66. The van der Waals surface area contributed by atoms with Gasteiger partial charge in [-0.25, -0.2) is 10.3 Å². The summed E-state index contributed by atoms with van der Waals surface area (Å²) in [6.45, 7) is 3.68. The molecule has 5 heteroatoms. The monoisotopic (exact) mass is 235 g/mol. The van der Waals surface area contributed by atoms with Gasteiger partial charge in [0.1, 0.15) is 11.4 Å². The number of nitrogens with one attached hydrogen (secondary N) is 1. The fourth-order valence-electron chi connectivity index (χ4n) is 1.64. The predicted molar refractivity (Wildman–Crippen MR) is 62.3 cm³/mol. The van der Waals surface area contributed by atoms with Gasteiger partial charge in [-0.2, -0.15) is 5.10 Å². The van der Waals surface area contributed by atoms with E-state index >= 15 is 0 Å². The summed E-state index contributed by atoms with van der Waals surface area (Å²) in [7, 11) is 0. The molecule has 0 saturated heterocycles. The van der Waals surface area contributed by atoms with Crippen LogP contribution in [0.4, 0.5) is 4.39 Å². The molecule has 0 unspecified atom stereocenters. The van der Waals surface area contributed by atoms with Gasteiger partial charge in [0.05, 0.1) is 11.9 Å². The Kier molecular flexibility index (Phi) is 2.95. The minimum atomic E-state index is -0.656. The summed E-state index contributed by atoms with van der Waals surface area (Å²) < 4.78 is 12.9. The van der Waals surface area contributed by atoms with Crippen LogP contribution < -0.4 is 5.90 Å². The van der Waals surface area contributed by atoms with Crippen LogP contribution >= 0.6 is 0 Å². The molecule has 0 amide bonds. The Bertz CT molecular complexity index is 505. The van der Waals surface area contributed by atoms with Crippen molar-refractivity contribution in [2.24, 2.45) is 5.90 Å². The topological polar surface area (TPSA) is 63.9 Å². The maximum Gasteiger partial charge on any atom is 0.123 e. The van der Waals surface area contributed by atoms with Crippen LogP contribution in [0.1, 0.15) is 19.4 Å². The quantitative estimate of drug-likeness (QED) is 0.802.